The Labute approximate surface area is 147 Å². The molecule has 6 nitrogen and oxygen atoms in total. The number of hydrogen-bond donors (Lipinski definition) is 4. The van der Waals surface area contributed by atoms with Crippen LogP contribution in [-0.2, 0) is 0 Å². The summed E-state index contributed by atoms with van der Waals surface area (Å²) in [4.78, 5) is 26.0. The Morgan fingerprint density at radius 1 is 1.40 bits per heavy atom. The second-order valence-electron chi connectivity index (χ2n) is 5.24. The molecule has 2 aromatic rings. The van der Waals surface area contributed by atoms with Crippen LogP contribution < -0.4 is 16.6 Å². The van der Waals surface area contributed by atoms with Gasteiger partial charge in [0.05, 0.1) is 17.0 Å². The summed E-state index contributed by atoms with van der Waals surface area (Å²) in [6.45, 7) is 5.19. The van der Waals surface area contributed by atoms with Crippen molar-refractivity contribution in [2.45, 2.75) is 6.92 Å². The first-order chi connectivity index (χ1) is 11.7. The molecule has 0 atom stereocenters. The first-order valence-corrected chi connectivity index (χ1v) is 7.43. The van der Waals surface area contributed by atoms with Gasteiger partial charge in [-0.05, 0) is 30.7 Å². The van der Waals surface area contributed by atoms with Gasteiger partial charge in [-0.25, -0.2) is 4.39 Å². The van der Waals surface area contributed by atoms with E-state index in [1.807, 2.05) is 0 Å². The van der Waals surface area contributed by atoms with E-state index in [1.165, 1.54) is 18.2 Å². The van der Waals surface area contributed by atoms with Gasteiger partial charge in [-0.3, -0.25) is 9.59 Å². The quantitative estimate of drug-likeness (QED) is 0.494. The molecular weight excluding hydrogens is 349 g/mol. The molecule has 0 aliphatic rings. The zero-order valence-electron chi connectivity index (χ0n) is 13.2. The van der Waals surface area contributed by atoms with Crippen LogP contribution in [-0.4, -0.2) is 16.0 Å². The number of aromatic nitrogens is 1. The second-order valence-corrected chi connectivity index (χ2v) is 5.64. The number of allylic oxidation sites excluding steroid dienone is 1. The van der Waals surface area contributed by atoms with Gasteiger partial charge >= 0.3 is 0 Å². The molecule has 130 valence electrons. The Bertz CT molecular complexity index is 946. The molecule has 8 heteroatoms. The molecule has 1 heterocycles. The van der Waals surface area contributed by atoms with E-state index in [9.17, 15) is 19.1 Å². The number of carbonyl (C=O) groups is 1. The van der Waals surface area contributed by atoms with E-state index in [1.54, 1.807) is 6.92 Å². The highest BCUT2D eigenvalue weighted by atomic mass is 35.5. The van der Waals surface area contributed by atoms with Crippen LogP contribution in [0.1, 0.15) is 17.3 Å². The third kappa shape index (κ3) is 4.07. The van der Waals surface area contributed by atoms with Gasteiger partial charge in [0.2, 0.25) is 5.56 Å². The molecule has 0 saturated heterocycles. The van der Waals surface area contributed by atoms with Gasteiger partial charge in [0.1, 0.15) is 16.7 Å². The smallest absolute Gasteiger partial charge is 0.259 e. The molecule has 5 N–H and O–H groups in total. The van der Waals surface area contributed by atoms with Crippen LogP contribution in [0, 0.1) is 5.82 Å². The van der Waals surface area contributed by atoms with Crippen LogP contribution in [0.2, 0.25) is 0 Å². The summed E-state index contributed by atoms with van der Waals surface area (Å²) in [5, 5.41) is 12.3. The highest BCUT2D eigenvalue weighted by Crippen LogP contribution is 2.28. The lowest BCUT2D eigenvalue weighted by molar-refractivity contribution is 0.0963. The Morgan fingerprint density at radius 2 is 2.08 bits per heavy atom. The number of nitrogens with two attached hydrogens (primary N) is 1. The predicted molar refractivity (Wildman–Crippen MR) is 93.5 cm³/mol. The van der Waals surface area contributed by atoms with Gasteiger partial charge in [0.25, 0.3) is 5.91 Å². The van der Waals surface area contributed by atoms with Crippen LogP contribution in [0.5, 0.6) is 5.75 Å². The van der Waals surface area contributed by atoms with Gasteiger partial charge in [0, 0.05) is 11.6 Å². The lowest BCUT2D eigenvalue weighted by Crippen LogP contribution is -2.25. The molecule has 0 aliphatic carbocycles. The maximum Gasteiger partial charge on any atom is 0.259 e. The number of carbonyl (C=O) groups excluding carboxylic acids is 1. The van der Waals surface area contributed by atoms with E-state index in [0.717, 1.165) is 12.1 Å². The molecule has 0 bridgehead atoms. The zero-order chi connectivity index (χ0) is 18.7. The summed E-state index contributed by atoms with van der Waals surface area (Å²) >= 11 is 5.67. The number of pyridine rings is 1. The summed E-state index contributed by atoms with van der Waals surface area (Å²) in [7, 11) is 0. The van der Waals surface area contributed by atoms with Crippen molar-refractivity contribution in [3.63, 3.8) is 0 Å². The molecule has 0 aliphatic heterocycles. The molecule has 25 heavy (non-hydrogen) atoms. The number of phenolic OH excluding ortho intramolecular Hbond substituents is 1. The first kappa shape index (κ1) is 18.3. The van der Waals surface area contributed by atoms with Crippen LogP contribution in [0.15, 0.2) is 58.1 Å². The van der Waals surface area contributed by atoms with Crippen LogP contribution in [0.4, 0.5) is 4.39 Å². The fourth-order valence-corrected chi connectivity index (χ4v) is 2.31. The number of aromatic hydroxyl groups is 1. The van der Waals surface area contributed by atoms with Crippen molar-refractivity contribution in [3.8, 4) is 17.0 Å². The highest BCUT2D eigenvalue weighted by molar-refractivity contribution is 6.29. The van der Waals surface area contributed by atoms with Crippen molar-refractivity contribution < 1.29 is 14.3 Å². The monoisotopic (exact) mass is 363 g/mol. The molecule has 0 saturated carbocycles. The third-order valence-corrected chi connectivity index (χ3v) is 3.48. The van der Waals surface area contributed by atoms with E-state index >= 15 is 0 Å². The highest BCUT2D eigenvalue weighted by Gasteiger charge is 2.18. The van der Waals surface area contributed by atoms with Crippen LogP contribution in [0.3, 0.4) is 0 Å². The standard InChI is InChI=1S/C17H15ClFN3O3/c1-8(2)15(16(18)20)22-17(25)10-6-11(19)9(7-13(10)23)12-4-3-5-14(24)21-12/h3-7,23H,1,20H2,2H3,(H,21,24)(H,22,25)/b16-15+. The fourth-order valence-electron chi connectivity index (χ4n) is 2.11. The Kier molecular flexibility index (Phi) is 5.29. The number of halogens is 2. The normalized spacial score (nSPS) is 11.6. The minimum Gasteiger partial charge on any atom is -0.507 e. The number of aromatic amines is 1. The average Bonchev–Trinajstić information content (AvgIpc) is 2.53. The van der Waals surface area contributed by atoms with E-state index in [2.05, 4.69) is 16.9 Å². The van der Waals surface area contributed by atoms with Gasteiger partial charge < -0.3 is 21.1 Å². The van der Waals surface area contributed by atoms with E-state index in [-0.39, 0.29) is 27.7 Å². The number of rotatable bonds is 4. The summed E-state index contributed by atoms with van der Waals surface area (Å²) < 4.78 is 14.4. The lowest BCUT2D eigenvalue weighted by Gasteiger charge is -2.12. The van der Waals surface area contributed by atoms with E-state index in [0.29, 0.717) is 5.57 Å². The zero-order valence-corrected chi connectivity index (χ0v) is 13.9. The molecular formula is C17H15ClFN3O3. The average molecular weight is 364 g/mol. The number of benzene rings is 1. The minimum atomic E-state index is -0.814. The Morgan fingerprint density at radius 3 is 2.64 bits per heavy atom. The van der Waals surface area contributed by atoms with Crippen molar-refractivity contribution in [1.29, 1.82) is 0 Å². The fraction of sp³-hybridized carbons (Fsp3) is 0.0588. The van der Waals surface area contributed by atoms with Gasteiger partial charge in [-0.1, -0.05) is 24.2 Å². The second kappa shape index (κ2) is 7.23. The third-order valence-electron chi connectivity index (χ3n) is 3.29. The number of phenols is 1. The first-order valence-electron chi connectivity index (χ1n) is 7.05. The minimum absolute atomic E-state index is 0.0562. The summed E-state index contributed by atoms with van der Waals surface area (Å²) in [5.74, 6) is -2.09. The molecule has 0 spiro atoms. The SMILES string of the molecule is C=C(C)/C(NC(=O)c1cc(F)c(-c2cccc(=O)[nH]2)cc1O)=C(\N)Cl. The van der Waals surface area contributed by atoms with Gasteiger partial charge in [-0.15, -0.1) is 0 Å². The Balaban J connectivity index is 2.43. The summed E-state index contributed by atoms with van der Waals surface area (Å²) in [6.07, 6.45) is 0. The van der Waals surface area contributed by atoms with Crippen molar-refractivity contribution >= 4 is 17.5 Å². The number of amides is 1. The van der Waals surface area contributed by atoms with Crippen molar-refractivity contribution in [1.82, 2.24) is 10.3 Å². The number of hydrogen-bond acceptors (Lipinski definition) is 4. The maximum atomic E-state index is 14.4. The van der Waals surface area contributed by atoms with Crippen molar-refractivity contribution in [3.05, 3.63) is 75.1 Å². The van der Waals surface area contributed by atoms with Crippen molar-refractivity contribution in [2.24, 2.45) is 5.73 Å². The molecule has 1 aromatic heterocycles. The van der Waals surface area contributed by atoms with Gasteiger partial charge in [-0.2, -0.15) is 0 Å². The maximum absolute atomic E-state index is 14.4. The van der Waals surface area contributed by atoms with E-state index in [4.69, 9.17) is 17.3 Å². The molecule has 2 rings (SSSR count). The summed E-state index contributed by atoms with van der Waals surface area (Å²) in [5.41, 5.74) is 5.27. The van der Waals surface area contributed by atoms with Crippen LogP contribution >= 0.6 is 11.6 Å². The predicted octanol–water partition coefficient (Wildman–Crippen LogP) is 2.56. The van der Waals surface area contributed by atoms with Crippen LogP contribution in [0.25, 0.3) is 11.3 Å². The lowest BCUT2D eigenvalue weighted by atomic mass is 10.1. The molecule has 0 fully saturated rings. The molecule has 1 amide bonds. The summed E-state index contributed by atoms with van der Waals surface area (Å²) in [6, 6.07) is 6.08. The van der Waals surface area contributed by atoms with Crippen molar-refractivity contribution in [2.75, 3.05) is 0 Å². The topological polar surface area (TPSA) is 108 Å². The van der Waals surface area contributed by atoms with E-state index < -0.39 is 23.0 Å². The molecule has 1 aromatic carbocycles. The molecule has 0 unspecified atom stereocenters. The number of nitrogens with one attached hydrogen (secondary N) is 2. The molecule has 0 radical (unpaired) electrons. The number of H-pyrrole nitrogens is 1. The van der Waals surface area contributed by atoms with Gasteiger partial charge in [0.15, 0.2) is 0 Å². The largest absolute Gasteiger partial charge is 0.507 e. The Hall–Kier alpha value is -3.06.